The van der Waals surface area contributed by atoms with Crippen molar-refractivity contribution in [2.75, 3.05) is 6.54 Å². The zero-order chi connectivity index (χ0) is 8.97. The molecule has 2 N–H and O–H groups in total. The van der Waals surface area contributed by atoms with E-state index in [1.165, 1.54) is 0 Å². The fourth-order valence-electron chi connectivity index (χ4n) is 0.975. The fourth-order valence-corrected chi connectivity index (χ4v) is 0.975. The Kier molecular flexibility index (Phi) is 2.92. The van der Waals surface area contributed by atoms with Gasteiger partial charge in [-0.2, -0.15) is 5.26 Å². The van der Waals surface area contributed by atoms with Gasteiger partial charge in [0.15, 0.2) is 0 Å². The summed E-state index contributed by atoms with van der Waals surface area (Å²) in [7, 11) is 0. The largest absolute Gasteiger partial charge is 0.337 e. The molecule has 0 bridgehead atoms. The predicted molar refractivity (Wildman–Crippen MR) is 44.3 cm³/mol. The van der Waals surface area contributed by atoms with Crippen LogP contribution in [0.25, 0.3) is 0 Å². The summed E-state index contributed by atoms with van der Waals surface area (Å²) in [6.07, 6.45) is 1.44. The number of carbonyl (C=O) groups is 1. The molecule has 1 aliphatic carbocycles. The Balaban J connectivity index is 2.01. The minimum absolute atomic E-state index is 0.153. The zero-order valence-electron chi connectivity index (χ0n) is 7.13. The normalized spacial score (nSPS) is 25.7. The van der Waals surface area contributed by atoms with Crippen molar-refractivity contribution in [3.05, 3.63) is 0 Å². The van der Waals surface area contributed by atoms with E-state index in [1.54, 1.807) is 0 Å². The smallest absolute Gasteiger partial charge is 0.315 e. The lowest BCUT2D eigenvalue weighted by atomic mass is 10.4. The molecule has 2 amide bonds. The van der Waals surface area contributed by atoms with Crippen LogP contribution in [0, 0.1) is 17.2 Å². The summed E-state index contributed by atoms with van der Waals surface area (Å²) < 4.78 is 0. The van der Waals surface area contributed by atoms with Crippen LogP contribution in [0.1, 0.15) is 19.8 Å². The number of nitrogens with zero attached hydrogens (tertiary/aromatic N) is 1. The van der Waals surface area contributed by atoms with Gasteiger partial charge in [-0.05, 0) is 12.3 Å². The third-order valence-corrected chi connectivity index (χ3v) is 1.95. The van der Waals surface area contributed by atoms with Gasteiger partial charge in [0.1, 0.15) is 0 Å². The molecule has 0 radical (unpaired) electrons. The van der Waals surface area contributed by atoms with Crippen molar-refractivity contribution in [1.82, 2.24) is 10.6 Å². The Morgan fingerprint density at radius 1 is 1.75 bits per heavy atom. The van der Waals surface area contributed by atoms with Crippen molar-refractivity contribution in [3.8, 4) is 6.07 Å². The summed E-state index contributed by atoms with van der Waals surface area (Å²) in [5.74, 6) is 0.617. The van der Waals surface area contributed by atoms with Crippen molar-refractivity contribution in [3.63, 3.8) is 0 Å². The second-order valence-corrected chi connectivity index (χ2v) is 3.13. The molecule has 0 spiro atoms. The predicted octanol–water partition coefficient (Wildman–Crippen LogP) is 0.608. The molecule has 2 atom stereocenters. The van der Waals surface area contributed by atoms with Gasteiger partial charge >= 0.3 is 6.03 Å². The number of nitriles is 1. The second-order valence-electron chi connectivity index (χ2n) is 3.13. The molecule has 0 aromatic carbocycles. The Hall–Kier alpha value is -1.24. The summed E-state index contributed by atoms with van der Waals surface area (Å²) in [5.41, 5.74) is 0. The molecule has 4 heteroatoms. The average molecular weight is 167 g/mol. The van der Waals surface area contributed by atoms with E-state index in [1.807, 2.05) is 6.07 Å². The van der Waals surface area contributed by atoms with Crippen LogP contribution < -0.4 is 10.6 Å². The quantitative estimate of drug-likeness (QED) is 0.605. The van der Waals surface area contributed by atoms with E-state index in [0.29, 0.717) is 24.9 Å². The van der Waals surface area contributed by atoms with E-state index in [2.05, 4.69) is 17.6 Å². The van der Waals surface area contributed by atoms with Crippen LogP contribution in [-0.2, 0) is 0 Å². The highest BCUT2D eigenvalue weighted by Crippen LogP contribution is 2.28. The SMILES string of the molecule is C[C@@H]1C[C@H]1NC(=O)NCCC#N. The molecule has 0 unspecified atom stereocenters. The third kappa shape index (κ3) is 2.79. The summed E-state index contributed by atoms with van der Waals surface area (Å²) in [6, 6.07) is 2.16. The molecule has 0 aromatic heterocycles. The molecule has 4 nitrogen and oxygen atoms in total. The lowest BCUT2D eigenvalue weighted by molar-refractivity contribution is 0.240. The summed E-state index contributed by atoms with van der Waals surface area (Å²) in [5, 5.41) is 13.6. The van der Waals surface area contributed by atoms with Gasteiger partial charge in [0.2, 0.25) is 0 Å². The van der Waals surface area contributed by atoms with Crippen molar-refractivity contribution < 1.29 is 4.79 Å². The maximum atomic E-state index is 11.0. The molecular weight excluding hydrogens is 154 g/mol. The average Bonchev–Trinajstić information content (AvgIpc) is 2.67. The van der Waals surface area contributed by atoms with Crippen molar-refractivity contribution in [1.29, 1.82) is 5.26 Å². The monoisotopic (exact) mass is 167 g/mol. The maximum Gasteiger partial charge on any atom is 0.315 e. The molecule has 66 valence electrons. The van der Waals surface area contributed by atoms with Crippen LogP contribution in [0.5, 0.6) is 0 Å². The number of rotatable bonds is 3. The highest BCUT2D eigenvalue weighted by atomic mass is 16.2. The van der Waals surface area contributed by atoms with E-state index in [-0.39, 0.29) is 6.03 Å². The van der Waals surface area contributed by atoms with Crippen LogP contribution in [0.2, 0.25) is 0 Å². The highest BCUT2D eigenvalue weighted by Gasteiger charge is 2.33. The first kappa shape index (κ1) is 8.85. The molecule has 1 aliphatic rings. The van der Waals surface area contributed by atoms with Gasteiger partial charge in [0.05, 0.1) is 12.5 Å². The molecule has 1 rings (SSSR count). The topological polar surface area (TPSA) is 64.9 Å². The Morgan fingerprint density at radius 2 is 2.42 bits per heavy atom. The number of urea groups is 1. The second kappa shape index (κ2) is 3.96. The van der Waals surface area contributed by atoms with Crippen LogP contribution >= 0.6 is 0 Å². The van der Waals surface area contributed by atoms with Crippen LogP contribution in [0.4, 0.5) is 4.79 Å². The van der Waals surface area contributed by atoms with E-state index in [9.17, 15) is 4.79 Å². The lowest BCUT2D eigenvalue weighted by Gasteiger charge is -2.03. The molecule has 12 heavy (non-hydrogen) atoms. The highest BCUT2D eigenvalue weighted by molar-refractivity contribution is 5.74. The number of carbonyl (C=O) groups excluding carboxylic acids is 1. The molecule has 0 aliphatic heterocycles. The first-order valence-corrected chi connectivity index (χ1v) is 4.15. The van der Waals surface area contributed by atoms with E-state index >= 15 is 0 Å². The Labute approximate surface area is 71.9 Å². The van der Waals surface area contributed by atoms with E-state index in [4.69, 9.17) is 5.26 Å². The van der Waals surface area contributed by atoms with Crippen LogP contribution in [0.15, 0.2) is 0 Å². The van der Waals surface area contributed by atoms with E-state index < -0.39 is 0 Å². The molecule has 1 saturated carbocycles. The van der Waals surface area contributed by atoms with Crippen molar-refractivity contribution >= 4 is 6.03 Å². The van der Waals surface area contributed by atoms with Crippen molar-refractivity contribution in [2.45, 2.75) is 25.8 Å². The zero-order valence-corrected chi connectivity index (χ0v) is 7.13. The molecule has 0 aromatic rings. The number of nitrogens with one attached hydrogen (secondary N) is 2. The summed E-state index contributed by atoms with van der Waals surface area (Å²) >= 11 is 0. The summed E-state index contributed by atoms with van der Waals surface area (Å²) in [4.78, 5) is 11.0. The molecular formula is C8H13N3O. The van der Waals surface area contributed by atoms with E-state index in [0.717, 1.165) is 6.42 Å². The summed E-state index contributed by atoms with van der Waals surface area (Å²) in [6.45, 7) is 2.53. The number of hydrogen-bond donors (Lipinski definition) is 2. The van der Waals surface area contributed by atoms with Gasteiger partial charge < -0.3 is 10.6 Å². The fraction of sp³-hybridized carbons (Fsp3) is 0.750. The lowest BCUT2D eigenvalue weighted by Crippen LogP contribution is -2.37. The van der Waals surface area contributed by atoms with Gasteiger partial charge in [-0.15, -0.1) is 0 Å². The Morgan fingerprint density at radius 3 is 2.92 bits per heavy atom. The first-order chi connectivity index (χ1) is 5.74. The van der Waals surface area contributed by atoms with Gasteiger partial charge in [-0.1, -0.05) is 6.92 Å². The standard InChI is InChI=1S/C8H13N3O/c1-6-5-7(6)11-8(12)10-4-2-3-9/h6-7H,2,4-5H2,1H3,(H2,10,11,12)/t6-,7-/m1/s1. The maximum absolute atomic E-state index is 11.0. The third-order valence-electron chi connectivity index (χ3n) is 1.95. The minimum Gasteiger partial charge on any atom is -0.337 e. The van der Waals surface area contributed by atoms with Gasteiger partial charge in [-0.3, -0.25) is 0 Å². The van der Waals surface area contributed by atoms with Gasteiger partial charge in [-0.25, -0.2) is 4.79 Å². The minimum atomic E-state index is -0.153. The molecule has 1 fully saturated rings. The first-order valence-electron chi connectivity index (χ1n) is 4.15. The number of amides is 2. The number of hydrogen-bond acceptors (Lipinski definition) is 2. The van der Waals surface area contributed by atoms with Crippen LogP contribution in [-0.4, -0.2) is 18.6 Å². The van der Waals surface area contributed by atoms with Crippen molar-refractivity contribution in [2.24, 2.45) is 5.92 Å². The molecule has 0 saturated heterocycles. The molecule has 0 heterocycles. The van der Waals surface area contributed by atoms with Gasteiger partial charge in [0.25, 0.3) is 0 Å². The van der Waals surface area contributed by atoms with Crippen LogP contribution in [0.3, 0.4) is 0 Å². The van der Waals surface area contributed by atoms with Gasteiger partial charge in [0, 0.05) is 12.6 Å². The Bertz CT molecular complexity index is 209.